The third kappa shape index (κ3) is 4.26. The molecular formula is C16H12ClF3N2O2. The van der Waals surface area contributed by atoms with Crippen molar-refractivity contribution in [3.05, 3.63) is 64.4 Å². The Morgan fingerprint density at radius 2 is 1.79 bits per heavy atom. The van der Waals surface area contributed by atoms with Crippen molar-refractivity contribution >= 4 is 29.2 Å². The molecule has 0 aromatic heterocycles. The maximum atomic E-state index is 13.8. The van der Waals surface area contributed by atoms with Gasteiger partial charge < -0.3 is 5.32 Å². The number of anilines is 1. The molecule has 0 saturated heterocycles. The fraction of sp³-hybridized carbons (Fsp3) is 0.125. The lowest BCUT2D eigenvalue weighted by molar-refractivity contribution is 0.0171. The smallest absolute Gasteiger partial charge is 0.306 e. The molecule has 2 N–H and O–H groups in total. The number of benzene rings is 2. The van der Waals surface area contributed by atoms with E-state index >= 15 is 0 Å². The number of nitrogens with one attached hydrogen (secondary N) is 2. The van der Waals surface area contributed by atoms with E-state index in [-0.39, 0.29) is 10.7 Å². The molecule has 0 aliphatic rings. The highest BCUT2D eigenvalue weighted by atomic mass is 35.5. The summed E-state index contributed by atoms with van der Waals surface area (Å²) >= 11 is 5.85. The number of carbonyl (C=O) groups excluding carboxylic acids is 2. The van der Waals surface area contributed by atoms with Crippen molar-refractivity contribution in [2.75, 3.05) is 5.32 Å². The number of alkyl halides is 2. The molecule has 0 bridgehead atoms. The van der Waals surface area contributed by atoms with Gasteiger partial charge in [0.1, 0.15) is 5.82 Å². The van der Waals surface area contributed by atoms with E-state index in [9.17, 15) is 22.8 Å². The molecule has 126 valence electrons. The highest BCUT2D eigenvalue weighted by Gasteiger charge is 2.26. The molecule has 0 radical (unpaired) electrons. The number of rotatable bonds is 3. The maximum Gasteiger partial charge on any atom is 0.326 e. The van der Waals surface area contributed by atoms with Crippen LogP contribution in [0.2, 0.25) is 5.02 Å². The number of urea groups is 1. The van der Waals surface area contributed by atoms with E-state index in [1.165, 1.54) is 12.1 Å². The first-order valence-electron chi connectivity index (χ1n) is 6.73. The summed E-state index contributed by atoms with van der Waals surface area (Å²) in [5, 5.41) is 4.47. The fourth-order valence-electron chi connectivity index (χ4n) is 1.86. The monoisotopic (exact) mass is 356 g/mol. The van der Waals surface area contributed by atoms with Crippen LogP contribution in [-0.4, -0.2) is 11.9 Å². The van der Waals surface area contributed by atoms with E-state index in [0.717, 1.165) is 12.1 Å². The molecule has 2 aromatic rings. The van der Waals surface area contributed by atoms with Gasteiger partial charge in [-0.1, -0.05) is 29.8 Å². The predicted octanol–water partition coefficient (Wildman–Crippen LogP) is 4.55. The average Bonchev–Trinajstić information content (AvgIpc) is 2.48. The maximum absolute atomic E-state index is 13.8. The van der Waals surface area contributed by atoms with Crippen LogP contribution in [0.15, 0.2) is 42.5 Å². The summed E-state index contributed by atoms with van der Waals surface area (Å²) in [5.74, 6) is -5.46. The lowest BCUT2D eigenvalue weighted by atomic mass is 10.1. The van der Waals surface area contributed by atoms with E-state index in [0.29, 0.717) is 13.0 Å². The van der Waals surface area contributed by atoms with Crippen molar-refractivity contribution in [1.29, 1.82) is 0 Å². The molecule has 0 fully saturated rings. The Kier molecular flexibility index (Phi) is 5.14. The summed E-state index contributed by atoms with van der Waals surface area (Å²) in [5.41, 5.74) is -0.847. The molecule has 24 heavy (non-hydrogen) atoms. The molecule has 0 aliphatic heterocycles. The van der Waals surface area contributed by atoms with Crippen molar-refractivity contribution in [1.82, 2.24) is 5.32 Å². The molecule has 0 spiro atoms. The first-order valence-corrected chi connectivity index (χ1v) is 7.11. The minimum Gasteiger partial charge on any atom is -0.306 e. The summed E-state index contributed by atoms with van der Waals surface area (Å²) in [6, 6.07) is 7.74. The van der Waals surface area contributed by atoms with E-state index in [1.807, 2.05) is 5.32 Å². The molecule has 2 rings (SSSR count). The van der Waals surface area contributed by atoms with Crippen LogP contribution in [0.4, 0.5) is 23.7 Å². The van der Waals surface area contributed by atoms with Gasteiger partial charge >= 0.3 is 6.03 Å². The Morgan fingerprint density at radius 3 is 2.38 bits per heavy atom. The highest BCUT2D eigenvalue weighted by Crippen LogP contribution is 2.28. The van der Waals surface area contributed by atoms with Gasteiger partial charge in [0.2, 0.25) is 0 Å². The van der Waals surface area contributed by atoms with E-state index < -0.39 is 34.8 Å². The number of imide groups is 1. The van der Waals surface area contributed by atoms with Gasteiger partial charge in [0.25, 0.3) is 11.8 Å². The number of hydrogen-bond acceptors (Lipinski definition) is 2. The number of para-hydroxylation sites is 1. The Morgan fingerprint density at radius 1 is 1.12 bits per heavy atom. The van der Waals surface area contributed by atoms with Crippen LogP contribution >= 0.6 is 11.6 Å². The topological polar surface area (TPSA) is 58.2 Å². The Bertz CT molecular complexity index is 791. The standard InChI is InChI=1S/C16H12ClF3N2O2/c1-16(19,20)9-6-7-10(12(18)8-9)14(23)22-15(24)21-13-5-3-2-4-11(13)17/h2-8H,1H3,(H2,21,22,23,24). The lowest BCUT2D eigenvalue weighted by Gasteiger charge is -2.12. The summed E-state index contributed by atoms with van der Waals surface area (Å²) in [6.45, 7) is 0.610. The van der Waals surface area contributed by atoms with Gasteiger partial charge in [-0.2, -0.15) is 0 Å². The largest absolute Gasteiger partial charge is 0.326 e. The second-order valence-corrected chi connectivity index (χ2v) is 5.38. The lowest BCUT2D eigenvalue weighted by Crippen LogP contribution is -2.35. The van der Waals surface area contributed by atoms with E-state index in [1.54, 1.807) is 12.1 Å². The van der Waals surface area contributed by atoms with Crippen LogP contribution < -0.4 is 10.6 Å². The highest BCUT2D eigenvalue weighted by molar-refractivity contribution is 6.33. The van der Waals surface area contributed by atoms with Crippen LogP contribution in [0.1, 0.15) is 22.8 Å². The minimum atomic E-state index is -3.24. The molecular weight excluding hydrogens is 345 g/mol. The van der Waals surface area contributed by atoms with Gasteiger partial charge in [0, 0.05) is 12.5 Å². The molecule has 3 amide bonds. The van der Waals surface area contributed by atoms with Crippen LogP contribution in [0.3, 0.4) is 0 Å². The van der Waals surface area contributed by atoms with Gasteiger partial charge in [-0.05, 0) is 24.3 Å². The summed E-state index contributed by atoms with van der Waals surface area (Å²) in [7, 11) is 0. The van der Waals surface area contributed by atoms with Crippen LogP contribution in [0.5, 0.6) is 0 Å². The third-order valence-corrected chi connectivity index (χ3v) is 3.40. The molecule has 4 nitrogen and oxygen atoms in total. The summed E-state index contributed by atoms with van der Waals surface area (Å²) < 4.78 is 40.1. The van der Waals surface area contributed by atoms with Crippen LogP contribution in [0.25, 0.3) is 0 Å². The van der Waals surface area contributed by atoms with Gasteiger partial charge in [-0.15, -0.1) is 0 Å². The zero-order valence-corrected chi connectivity index (χ0v) is 13.1. The fourth-order valence-corrected chi connectivity index (χ4v) is 2.04. The van der Waals surface area contributed by atoms with Crippen LogP contribution in [-0.2, 0) is 5.92 Å². The molecule has 0 atom stereocenters. The zero-order valence-electron chi connectivity index (χ0n) is 12.4. The SMILES string of the molecule is CC(F)(F)c1ccc(C(=O)NC(=O)Nc2ccccc2Cl)c(F)c1. The molecule has 8 heteroatoms. The third-order valence-electron chi connectivity index (χ3n) is 3.07. The molecule has 0 heterocycles. The van der Waals surface area contributed by atoms with Crippen molar-refractivity contribution in [3.63, 3.8) is 0 Å². The Labute approximate surface area is 140 Å². The quantitative estimate of drug-likeness (QED) is 0.847. The van der Waals surface area contributed by atoms with Crippen molar-refractivity contribution < 1.29 is 22.8 Å². The Hall–Kier alpha value is -2.54. The van der Waals surface area contributed by atoms with Crippen molar-refractivity contribution in [2.45, 2.75) is 12.8 Å². The van der Waals surface area contributed by atoms with Gasteiger partial charge in [0.05, 0.1) is 16.3 Å². The summed E-state index contributed by atoms with van der Waals surface area (Å²) in [6.07, 6.45) is 0. The predicted molar refractivity (Wildman–Crippen MR) is 83.9 cm³/mol. The number of halogens is 4. The normalized spacial score (nSPS) is 11.0. The van der Waals surface area contributed by atoms with E-state index in [4.69, 9.17) is 11.6 Å². The van der Waals surface area contributed by atoms with Crippen molar-refractivity contribution in [2.24, 2.45) is 0 Å². The van der Waals surface area contributed by atoms with Crippen molar-refractivity contribution in [3.8, 4) is 0 Å². The summed E-state index contributed by atoms with van der Waals surface area (Å²) in [4.78, 5) is 23.6. The van der Waals surface area contributed by atoms with Gasteiger partial charge in [-0.3, -0.25) is 10.1 Å². The average molecular weight is 357 g/mol. The van der Waals surface area contributed by atoms with Gasteiger partial charge in [0.15, 0.2) is 0 Å². The number of amides is 3. The number of hydrogen-bond donors (Lipinski definition) is 2. The first-order chi connectivity index (χ1) is 11.2. The molecule has 2 aromatic carbocycles. The second kappa shape index (κ2) is 6.92. The Balaban J connectivity index is 2.10. The molecule has 0 aliphatic carbocycles. The van der Waals surface area contributed by atoms with Gasteiger partial charge in [-0.25, -0.2) is 18.0 Å². The van der Waals surface area contributed by atoms with Crippen LogP contribution in [0, 0.1) is 5.82 Å². The minimum absolute atomic E-state index is 0.251. The number of carbonyl (C=O) groups is 2. The van der Waals surface area contributed by atoms with E-state index in [2.05, 4.69) is 5.32 Å². The zero-order chi connectivity index (χ0) is 17.9. The molecule has 0 unspecified atom stereocenters. The molecule has 0 saturated carbocycles. The second-order valence-electron chi connectivity index (χ2n) is 4.97. The first kappa shape index (κ1) is 17.8.